The van der Waals surface area contributed by atoms with Crippen LogP contribution in [0.4, 0.5) is 0 Å². The second-order valence-corrected chi connectivity index (χ2v) is 5.77. The van der Waals surface area contributed by atoms with Crippen LogP contribution in [0.2, 0.25) is 0 Å². The number of rotatable bonds is 3. The van der Waals surface area contributed by atoms with Crippen molar-refractivity contribution in [3.8, 4) is 0 Å². The van der Waals surface area contributed by atoms with Crippen molar-refractivity contribution in [3.63, 3.8) is 0 Å². The zero-order valence-electron chi connectivity index (χ0n) is 9.38. The molecule has 1 saturated carbocycles. The van der Waals surface area contributed by atoms with Crippen molar-refractivity contribution in [1.82, 2.24) is 9.78 Å². The van der Waals surface area contributed by atoms with Gasteiger partial charge in [0.15, 0.2) is 0 Å². The number of hydrogen-bond acceptors (Lipinski definition) is 1. The van der Waals surface area contributed by atoms with Crippen molar-refractivity contribution in [1.29, 1.82) is 0 Å². The van der Waals surface area contributed by atoms with Crippen LogP contribution in [0, 0.1) is 9.49 Å². The highest BCUT2D eigenvalue weighted by molar-refractivity contribution is 14.1. The summed E-state index contributed by atoms with van der Waals surface area (Å²) in [6.07, 6.45) is 11.8. The molecule has 0 spiro atoms. The molecule has 15 heavy (non-hydrogen) atoms. The Kier molecular flexibility index (Phi) is 4.05. The topological polar surface area (TPSA) is 17.8 Å². The summed E-state index contributed by atoms with van der Waals surface area (Å²) >= 11 is 2.39. The third-order valence-corrected chi connectivity index (χ3v) is 4.43. The molecule has 1 heterocycles. The van der Waals surface area contributed by atoms with Gasteiger partial charge in [0.25, 0.3) is 0 Å². The molecule has 1 aromatic heterocycles. The van der Waals surface area contributed by atoms with Crippen molar-refractivity contribution < 1.29 is 0 Å². The number of halogens is 1. The number of aryl methyl sites for hydroxylation is 1. The predicted molar refractivity (Wildman–Crippen MR) is 70.8 cm³/mol. The largest absolute Gasteiger partial charge is 0.272 e. The van der Waals surface area contributed by atoms with Gasteiger partial charge >= 0.3 is 0 Å². The van der Waals surface area contributed by atoms with Crippen molar-refractivity contribution in [2.75, 3.05) is 0 Å². The van der Waals surface area contributed by atoms with Gasteiger partial charge in [-0.1, -0.05) is 32.1 Å². The van der Waals surface area contributed by atoms with Gasteiger partial charge in [-0.05, 0) is 41.4 Å². The second-order valence-electron chi connectivity index (χ2n) is 4.61. The van der Waals surface area contributed by atoms with Gasteiger partial charge in [-0.3, -0.25) is 4.68 Å². The molecule has 1 fully saturated rings. The van der Waals surface area contributed by atoms with E-state index in [4.69, 9.17) is 0 Å². The van der Waals surface area contributed by atoms with E-state index in [1.54, 1.807) is 0 Å². The molecule has 2 rings (SSSR count). The maximum atomic E-state index is 4.29. The van der Waals surface area contributed by atoms with E-state index in [9.17, 15) is 0 Å². The minimum atomic E-state index is 0.976. The van der Waals surface area contributed by atoms with Crippen LogP contribution in [-0.4, -0.2) is 9.78 Å². The fourth-order valence-electron chi connectivity index (χ4n) is 2.53. The molecule has 0 bridgehead atoms. The Bertz CT molecular complexity index is 294. The van der Waals surface area contributed by atoms with Gasteiger partial charge in [-0.25, -0.2) is 0 Å². The standard InChI is InChI=1S/C12H19IN2/c1-15-12(11(13)9-14-15)8-7-10-5-3-2-4-6-10/h9-10H,2-8H2,1H3. The zero-order valence-corrected chi connectivity index (χ0v) is 11.5. The minimum absolute atomic E-state index is 0.976. The Morgan fingerprint density at radius 3 is 2.73 bits per heavy atom. The molecule has 0 aromatic carbocycles. The van der Waals surface area contributed by atoms with Crippen LogP contribution in [0.5, 0.6) is 0 Å². The van der Waals surface area contributed by atoms with E-state index in [2.05, 4.69) is 34.7 Å². The number of hydrogen-bond donors (Lipinski definition) is 0. The Labute approximate surface area is 106 Å². The van der Waals surface area contributed by atoms with E-state index < -0.39 is 0 Å². The van der Waals surface area contributed by atoms with E-state index in [0.29, 0.717) is 0 Å². The average Bonchev–Trinajstić information content (AvgIpc) is 2.58. The highest BCUT2D eigenvalue weighted by atomic mass is 127. The van der Waals surface area contributed by atoms with E-state index in [-0.39, 0.29) is 0 Å². The highest BCUT2D eigenvalue weighted by Gasteiger charge is 2.14. The molecular weight excluding hydrogens is 299 g/mol. The van der Waals surface area contributed by atoms with Crippen molar-refractivity contribution in [2.24, 2.45) is 13.0 Å². The quantitative estimate of drug-likeness (QED) is 0.780. The summed E-state index contributed by atoms with van der Waals surface area (Å²) in [6, 6.07) is 0. The Morgan fingerprint density at radius 1 is 1.40 bits per heavy atom. The lowest BCUT2D eigenvalue weighted by Crippen LogP contribution is -2.09. The fourth-order valence-corrected chi connectivity index (χ4v) is 3.28. The smallest absolute Gasteiger partial charge is 0.0626 e. The molecule has 84 valence electrons. The normalized spacial score (nSPS) is 18.3. The first-order chi connectivity index (χ1) is 7.27. The number of aromatic nitrogens is 2. The molecule has 1 aliphatic rings. The summed E-state index contributed by atoms with van der Waals surface area (Å²) < 4.78 is 3.36. The van der Waals surface area contributed by atoms with Crippen LogP contribution < -0.4 is 0 Å². The third kappa shape index (κ3) is 2.95. The molecule has 3 heteroatoms. The Balaban J connectivity index is 1.87. The average molecular weight is 318 g/mol. The lowest BCUT2D eigenvalue weighted by atomic mass is 9.86. The fraction of sp³-hybridized carbons (Fsp3) is 0.750. The number of nitrogens with zero attached hydrogens (tertiary/aromatic N) is 2. The zero-order chi connectivity index (χ0) is 10.7. The van der Waals surface area contributed by atoms with Gasteiger partial charge in [0, 0.05) is 7.05 Å². The highest BCUT2D eigenvalue weighted by Crippen LogP contribution is 2.28. The van der Waals surface area contributed by atoms with E-state index in [1.165, 1.54) is 54.2 Å². The van der Waals surface area contributed by atoms with Crippen LogP contribution in [0.25, 0.3) is 0 Å². The Hall–Kier alpha value is -0.0600. The van der Waals surface area contributed by atoms with Gasteiger partial charge in [0.05, 0.1) is 15.5 Å². The maximum Gasteiger partial charge on any atom is 0.0626 e. The van der Waals surface area contributed by atoms with Crippen LogP contribution >= 0.6 is 22.6 Å². The van der Waals surface area contributed by atoms with E-state index >= 15 is 0 Å². The monoisotopic (exact) mass is 318 g/mol. The summed E-state index contributed by atoms with van der Waals surface area (Å²) in [5.41, 5.74) is 1.42. The van der Waals surface area contributed by atoms with Crippen molar-refractivity contribution in [3.05, 3.63) is 15.5 Å². The lowest BCUT2D eigenvalue weighted by Gasteiger charge is -2.21. The van der Waals surface area contributed by atoms with E-state index in [0.717, 1.165) is 5.92 Å². The first-order valence-corrected chi connectivity index (χ1v) is 7.01. The molecule has 1 aromatic rings. The molecular formula is C12H19IN2. The van der Waals surface area contributed by atoms with E-state index in [1.807, 2.05) is 10.9 Å². The van der Waals surface area contributed by atoms with Crippen molar-refractivity contribution in [2.45, 2.75) is 44.9 Å². The molecule has 0 aliphatic heterocycles. The Morgan fingerprint density at radius 2 is 2.13 bits per heavy atom. The summed E-state index contributed by atoms with van der Waals surface area (Å²) in [5, 5.41) is 4.29. The second kappa shape index (κ2) is 5.32. The summed E-state index contributed by atoms with van der Waals surface area (Å²) in [7, 11) is 2.05. The van der Waals surface area contributed by atoms with Crippen LogP contribution in [-0.2, 0) is 13.5 Å². The van der Waals surface area contributed by atoms with Gasteiger partial charge in [-0.2, -0.15) is 5.10 Å². The molecule has 0 atom stereocenters. The first-order valence-electron chi connectivity index (χ1n) is 5.93. The van der Waals surface area contributed by atoms with Gasteiger partial charge in [-0.15, -0.1) is 0 Å². The van der Waals surface area contributed by atoms with Gasteiger partial charge < -0.3 is 0 Å². The van der Waals surface area contributed by atoms with Gasteiger partial charge in [0.2, 0.25) is 0 Å². The van der Waals surface area contributed by atoms with Crippen LogP contribution in [0.3, 0.4) is 0 Å². The van der Waals surface area contributed by atoms with Crippen LogP contribution in [0.15, 0.2) is 6.20 Å². The summed E-state index contributed by atoms with van der Waals surface area (Å²) in [4.78, 5) is 0. The third-order valence-electron chi connectivity index (χ3n) is 3.52. The van der Waals surface area contributed by atoms with Crippen LogP contribution in [0.1, 0.15) is 44.2 Å². The molecule has 0 amide bonds. The molecule has 0 radical (unpaired) electrons. The first kappa shape index (κ1) is 11.4. The summed E-state index contributed by atoms with van der Waals surface area (Å²) in [6.45, 7) is 0. The minimum Gasteiger partial charge on any atom is -0.272 e. The molecule has 0 unspecified atom stereocenters. The predicted octanol–water partition coefficient (Wildman–Crippen LogP) is 3.54. The molecule has 1 aliphatic carbocycles. The molecule has 0 N–H and O–H groups in total. The SMILES string of the molecule is Cn1ncc(I)c1CCC1CCCCC1. The summed E-state index contributed by atoms with van der Waals surface area (Å²) in [5.74, 6) is 0.976. The lowest BCUT2D eigenvalue weighted by molar-refractivity contribution is 0.337. The maximum absolute atomic E-state index is 4.29. The van der Waals surface area contributed by atoms with Gasteiger partial charge in [0.1, 0.15) is 0 Å². The molecule has 0 saturated heterocycles. The van der Waals surface area contributed by atoms with Crippen molar-refractivity contribution >= 4 is 22.6 Å². The molecule has 2 nitrogen and oxygen atoms in total.